The van der Waals surface area contributed by atoms with E-state index in [1.54, 1.807) is 12.1 Å². The molecule has 9 heteroatoms. The molecule has 0 unspecified atom stereocenters. The van der Waals surface area contributed by atoms with Crippen molar-refractivity contribution in [2.24, 2.45) is 0 Å². The predicted molar refractivity (Wildman–Crippen MR) is 70.6 cm³/mol. The molecular formula is C12H13F2N3O3S. The van der Waals surface area contributed by atoms with Gasteiger partial charge in [-0.2, -0.15) is 13.9 Å². The fourth-order valence-electron chi connectivity index (χ4n) is 1.64. The molecule has 0 saturated carbocycles. The van der Waals surface area contributed by atoms with Gasteiger partial charge in [-0.1, -0.05) is 12.1 Å². The summed E-state index contributed by atoms with van der Waals surface area (Å²) in [5.41, 5.74) is 0.798. The Hall–Kier alpha value is -2.00. The second-order valence-corrected chi connectivity index (χ2v) is 5.87. The molecule has 6 nitrogen and oxygen atoms in total. The van der Waals surface area contributed by atoms with Gasteiger partial charge in [-0.05, 0) is 24.1 Å². The van der Waals surface area contributed by atoms with Gasteiger partial charge in [0.1, 0.15) is 10.6 Å². The monoisotopic (exact) mass is 317 g/mol. The minimum atomic E-state index is -3.58. The number of hydrogen-bond acceptors (Lipinski definition) is 4. The molecule has 2 rings (SSSR count). The van der Waals surface area contributed by atoms with Crippen molar-refractivity contribution in [2.75, 3.05) is 6.54 Å². The van der Waals surface area contributed by atoms with Gasteiger partial charge in [-0.15, -0.1) is 0 Å². The van der Waals surface area contributed by atoms with Crippen molar-refractivity contribution in [2.45, 2.75) is 17.9 Å². The number of sulfonamides is 1. The Labute approximate surface area is 120 Å². The van der Waals surface area contributed by atoms with Crippen LogP contribution in [0.25, 0.3) is 0 Å². The van der Waals surface area contributed by atoms with Crippen LogP contribution in [-0.4, -0.2) is 31.8 Å². The van der Waals surface area contributed by atoms with Crippen molar-refractivity contribution >= 4 is 10.0 Å². The molecule has 0 saturated heterocycles. The van der Waals surface area contributed by atoms with E-state index in [-0.39, 0.29) is 17.2 Å². The lowest BCUT2D eigenvalue weighted by Gasteiger charge is -2.07. The highest BCUT2D eigenvalue weighted by molar-refractivity contribution is 7.89. The highest BCUT2D eigenvalue weighted by Crippen LogP contribution is 2.15. The predicted octanol–water partition coefficient (Wildman–Crippen LogP) is 1.53. The number of H-pyrrole nitrogens is 1. The van der Waals surface area contributed by atoms with Gasteiger partial charge < -0.3 is 4.74 Å². The number of rotatable bonds is 7. The molecule has 0 aliphatic rings. The summed E-state index contributed by atoms with van der Waals surface area (Å²) >= 11 is 0. The Morgan fingerprint density at radius 3 is 2.57 bits per heavy atom. The third-order valence-electron chi connectivity index (χ3n) is 2.64. The summed E-state index contributed by atoms with van der Waals surface area (Å²) < 4.78 is 54.2. The first-order valence-electron chi connectivity index (χ1n) is 5.99. The van der Waals surface area contributed by atoms with Crippen molar-refractivity contribution in [1.82, 2.24) is 14.9 Å². The molecule has 0 spiro atoms. The summed E-state index contributed by atoms with van der Waals surface area (Å²) in [6, 6.07) is 6.02. The Morgan fingerprint density at radius 1 is 1.29 bits per heavy atom. The maximum atomic E-state index is 12.0. The van der Waals surface area contributed by atoms with Crippen LogP contribution in [0.2, 0.25) is 0 Å². The number of halogens is 2. The zero-order valence-electron chi connectivity index (χ0n) is 10.8. The van der Waals surface area contributed by atoms with Crippen LogP contribution < -0.4 is 9.46 Å². The van der Waals surface area contributed by atoms with Crippen LogP contribution in [0.4, 0.5) is 8.78 Å². The maximum Gasteiger partial charge on any atom is 0.387 e. The summed E-state index contributed by atoms with van der Waals surface area (Å²) in [6.45, 7) is -2.68. The number of nitrogens with zero attached hydrogens (tertiary/aromatic N) is 1. The first-order valence-corrected chi connectivity index (χ1v) is 7.48. The number of aromatic amines is 1. The number of benzene rings is 1. The Kier molecular flexibility index (Phi) is 4.86. The zero-order chi connectivity index (χ0) is 15.3. The van der Waals surface area contributed by atoms with Crippen molar-refractivity contribution < 1.29 is 21.9 Å². The average Bonchev–Trinajstić information content (AvgIpc) is 2.95. The summed E-state index contributed by atoms with van der Waals surface area (Å²) in [7, 11) is -3.58. The van der Waals surface area contributed by atoms with Gasteiger partial charge in [-0.25, -0.2) is 13.1 Å². The molecule has 0 atom stereocenters. The van der Waals surface area contributed by atoms with Crippen LogP contribution >= 0.6 is 0 Å². The molecule has 1 aromatic heterocycles. The minimum Gasteiger partial charge on any atom is -0.435 e. The summed E-state index contributed by atoms with van der Waals surface area (Å²) in [5, 5.41) is 5.99. The van der Waals surface area contributed by atoms with Crippen LogP contribution in [0.5, 0.6) is 5.75 Å². The first kappa shape index (κ1) is 15.4. The van der Waals surface area contributed by atoms with E-state index >= 15 is 0 Å². The van der Waals surface area contributed by atoms with Crippen LogP contribution in [0.1, 0.15) is 5.56 Å². The number of hydrogen-bond donors (Lipinski definition) is 2. The Morgan fingerprint density at radius 2 is 2.00 bits per heavy atom. The van der Waals surface area contributed by atoms with E-state index in [0.29, 0.717) is 6.42 Å². The summed E-state index contributed by atoms with van der Waals surface area (Å²) in [6.07, 6.45) is 2.91. The van der Waals surface area contributed by atoms with E-state index in [0.717, 1.165) is 5.56 Å². The van der Waals surface area contributed by atoms with Crippen LogP contribution in [0.15, 0.2) is 41.6 Å². The molecule has 0 aliphatic carbocycles. The Balaban J connectivity index is 1.86. The van der Waals surface area contributed by atoms with Gasteiger partial charge in [0.2, 0.25) is 10.0 Å². The Bertz CT molecular complexity index is 658. The highest BCUT2D eigenvalue weighted by Gasteiger charge is 2.14. The zero-order valence-corrected chi connectivity index (χ0v) is 11.6. The van der Waals surface area contributed by atoms with E-state index in [2.05, 4.69) is 19.7 Å². The fraction of sp³-hybridized carbons (Fsp3) is 0.250. The third-order valence-corrected chi connectivity index (χ3v) is 4.07. The van der Waals surface area contributed by atoms with E-state index in [4.69, 9.17) is 0 Å². The van der Waals surface area contributed by atoms with Gasteiger partial charge in [0.25, 0.3) is 0 Å². The molecule has 1 heterocycles. The molecule has 0 bridgehead atoms. The van der Waals surface area contributed by atoms with Gasteiger partial charge in [0.15, 0.2) is 0 Å². The molecule has 2 aromatic rings. The molecule has 1 aromatic carbocycles. The number of ether oxygens (including phenoxy) is 1. The molecule has 0 fully saturated rings. The van der Waals surface area contributed by atoms with Crippen LogP contribution in [0, 0.1) is 0 Å². The van der Waals surface area contributed by atoms with Gasteiger partial charge in [0, 0.05) is 12.7 Å². The molecule has 2 N–H and O–H groups in total. The number of nitrogens with one attached hydrogen (secondary N) is 2. The van der Waals surface area contributed by atoms with Crippen molar-refractivity contribution in [1.29, 1.82) is 0 Å². The van der Waals surface area contributed by atoms with Gasteiger partial charge in [-0.3, -0.25) is 5.10 Å². The molecule has 0 amide bonds. The second kappa shape index (κ2) is 6.64. The molecular weight excluding hydrogens is 304 g/mol. The van der Waals surface area contributed by atoms with E-state index < -0.39 is 16.6 Å². The lowest BCUT2D eigenvalue weighted by molar-refractivity contribution is -0.0498. The quantitative estimate of drug-likeness (QED) is 0.811. The van der Waals surface area contributed by atoms with Crippen molar-refractivity contribution in [3.8, 4) is 5.75 Å². The standard InChI is InChI=1S/C12H13F2N3O3S/c13-12(14)20-10-3-1-9(2-4-10)5-6-17-21(18,19)11-7-15-16-8-11/h1-4,7-8,12,17H,5-6H2,(H,15,16). The summed E-state index contributed by atoms with van der Waals surface area (Å²) in [4.78, 5) is 0.0585. The molecule has 0 aliphatic heterocycles. The fourth-order valence-corrected chi connectivity index (χ4v) is 2.57. The van der Waals surface area contributed by atoms with E-state index in [9.17, 15) is 17.2 Å². The highest BCUT2D eigenvalue weighted by atomic mass is 32.2. The van der Waals surface area contributed by atoms with Crippen LogP contribution in [-0.2, 0) is 16.4 Å². The average molecular weight is 317 g/mol. The van der Waals surface area contributed by atoms with Gasteiger partial charge >= 0.3 is 6.61 Å². The number of alkyl halides is 2. The third kappa shape index (κ3) is 4.50. The molecule has 0 radical (unpaired) electrons. The SMILES string of the molecule is O=S(=O)(NCCc1ccc(OC(F)F)cc1)c1cn[nH]c1. The maximum absolute atomic E-state index is 12.0. The summed E-state index contributed by atoms with van der Waals surface area (Å²) in [5.74, 6) is 0.0627. The number of aromatic nitrogens is 2. The smallest absolute Gasteiger partial charge is 0.387 e. The molecule has 21 heavy (non-hydrogen) atoms. The first-order chi connectivity index (χ1) is 9.97. The van der Waals surface area contributed by atoms with Gasteiger partial charge in [0.05, 0.1) is 6.20 Å². The second-order valence-electron chi connectivity index (χ2n) is 4.10. The van der Waals surface area contributed by atoms with Crippen molar-refractivity contribution in [3.05, 3.63) is 42.2 Å². The normalized spacial score (nSPS) is 11.8. The van der Waals surface area contributed by atoms with Crippen LogP contribution in [0.3, 0.4) is 0 Å². The van der Waals surface area contributed by atoms with Crippen molar-refractivity contribution in [3.63, 3.8) is 0 Å². The topological polar surface area (TPSA) is 84.1 Å². The lowest BCUT2D eigenvalue weighted by atomic mass is 10.1. The minimum absolute atomic E-state index is 0.0585. The van der Waals surface area contributed by atoms with E-state index in [1.165, 1.54) is 24.5 Å². The van der Waals surface area contributed by atoms with E-state index in [1.807, 2.05) is 0 Å². The lowest BCUT2D eigenvalue weighted by Crippen LogP contribution is -2.25. The largest absolute Gasteiger partial charge is 0.435 e. The molecule has 114 valence electrons.